The number of nitrogens with one attached hydrogen (secondary N) is 2. The third-order valence-electron chi connectivity index (χ3n) is 2.92. The van der Waals surface area contributed by atoms with Gasteiger partial charge in [0.25, 0.3) is 0 Å². The molecule has 0 saturated heterocycles. The molecule has 19 heavy (non-hydrogen) atoms. The van der Waals surface area contributed by atoms with E-state index in [1.54, 1.807) is 12.3 Å². The number of nitriles is 1. The number of fused-ring (bicyclic) bond motifs is 1. The van der Waals surface area contributed by atoms with Gasteiger partial charge >= 0.3 is 0 Å². The van der Waals surface area contributed by atoms with E-state index in [-0.39, 0.29) is 6.17 Å². The Labute approximate surface area is 111 Å². The van der Waals surface area contributed by atoms with Crippen molar-refractivity contribution in [1.29, 1.82) is 5.26 Å². The summed E-state index contributed by atoms with van der Waals surface area (Å²) < 4.78 is 0. The first kappa shape index (κ1) is 11.3. The molecule has 2 aromatic rings. The largest absolute Gasteiger partial charge is 0.367 e. The number of allylic oxidation sites excluding steroid dienone is 2. The summed E-state index contributed by atoms with van der Waals surface area (Å²) >= 11 is 0. The second-order valence-electron chi connectivity index (χ2n) is 4.25. The zero-order chi connectivity index (χ0) is 13.1. The molecule has 2 heterocycles. The molecule has 1 unspecified atom stereocenters. The standard InChI is InChI=1S/C15H12N4/c16-9-11-5-7-14(17-10-11)19-15-8-6-12-3-1-2-4-13(12)18-15/h1-8,10,14,17H,(H,18,19). The highest BCUT2D eigenvalue weighted by Crippen LogP contribution is 2.15. The van der Waals surface area contributed by atoms with Gasteiger partial charge in [-0.1, -0.05) is 18.2 Å². The second-order valence-corrected chi connectivity index (χ2v) is 4.25. The van der Waals surface area contributed by atoms with Crippen LogP contribution in [-0.2, 0) is 0 Å². The van der Waals surface area contributed by atoms with Crippen molar-refractivity contribution in [3.05, 3.63) is 60.3 Å². The molecule has 0 amide bonds. The highest BCUT2D eigenvalue weighted by atomic mass is 15.1. The second kappa shape index (κ2) is 4.83. The normalized spacial score (nSPS) is 17.4. The Hall–Kier alpha value is -2.80. The van der Waals surface area contributed by atoms with Crippen molar-refractivity contribution in [1.82, 2.24) is 10.3 Å². The van der Waals surface area contributed by atoms with Gasteiger partial charge in [-0.3, -0.25) is 0 Å². The molecule has 1 atom stereocenters. The van der Waals surface area contributed by atoms with Gasteiger partial charge in [-0.2, -0.15) is 5.26 Å². The Morgan fingerprint density at radius 2 is 2.11 bits per heavy atom. The molecule has 3 rings (SSSR count). The molecular weight excluding hydrogens is 236 g/mol. The summed E-state index contributed by atoms with van der Waals surface area (Å²) in [4.78, 5) is 4.54. The van der Waals surface area contributed by atoms with Gasteiger partial charge in [0.1, 0.15) is 18.1 Å². The molecule has 4 nitrogen and oxygen atoms in total. The lowest BCUT2D eigenvalue weighted by molar-refractivity contribution is 0.767. The fraction of sp³-hybridized carbons (Fsp3) is 0.0667. The molecule has 1 aliphatic heterocycles. The van der Waals surface area contributed by atoms with Crippen molar-refractivity contribution in [2.45, 2.75) is 6.17 Å². The number of nitrogens with zero attached hydrogens (tertiary/aromatic N) is 2. The van der Waals surface area contributed by atoms with E-state index in [0.717, 1.165) is 16.7 Å². The van der Waals surface area contributed by atoms with Gasteiger partial charge in [0.05, 0.1) is 11.1 Å². The van der Waals surface area contributed by atoms with Gasteiger partial charge in [0, 0.05) is 11.6 Å². The van der Waals surface area contributed by atoms with E-state index in [2.05, 4.69) is 21.7 Å². The maximum atomic E-state index is 8.74. The number of benzene rings is 1. The van der Waals surface area contributed by atoms with Gasteiger partial charge in [-0.05, 0) is 30.4 Å². The third kappa shape index (κ3) is 2.40. The molecule has 92 valence electrons. The van der Waals surface area contributed by atoms with Crippen molar-refractivity contribution in [3.8, 4) is 6.07 Å². The van der Waals surface area contributed by atoms with E-state index in [4.69, 9.17) is 5.26 Å². The first-order chi connectivity index (χ1) is 9.35. The number of rotatable bonds is 2. The smallest absolute Gasteiger partial charge is 0.128 e. The summed E-state index contributed by atoms with van der Waals surface area (Å²) in [7, 11) is 0. The van der Waals surface area contributed by atoms with Gasteiger partial charge < -0.3 is 10.6 Å². The van der Waals surface area contributed by atoms with Gasteiger partial charge in [-0.15, -0.1) is 0 Å². The van der Waals surface area contributed by atoms with Crippen molar-refractivity contribution in [3.63, 3.8) is 0 Å². The number of hydrogen-bond donors (Lipinski definition) is 2. The van der Waals surface area contributed by atoms with Crippen LogP contribution < -0.4 is 10.6 Å². The summed E-state index contributed by atoms with van der Waals surface area (Å²) in [5.41, 5.74) is 1.57. The number of anilines is 1. The average Bonchev–Trinajstić information content (AvgIpc) is 2.48. The lowest BCUT2D eigenvalue weighted by Gasteiger charge is -2.19. The van der Waals surface area contributed by atoms with Crippen LogP contribution in [0.1, 0.15) is 0 Å². The fourth-order valence-electron chi connectivity index (χ4n) is 1.95. The molecule has 4 heteroatoms. The lowest BCUT2D eigenvalue weighted by atomic mass is 10.2. The molecular formula is C15H12N4. The first-order valence-electron chi connectivity index (χ1n) is 6.02. The predicted molar refractivity (Wildman–Crippen MR) is 75.1 cm³/mol. The molecule has 2 N–H and O–H groups in total. The molecule has 1 aromatic heterocycles. The Balaban J connectivity index is 1.78. The molecule has 0 bridgehead atoms. The Kier molecular flexibility index (Phi) is 2.87. The van der Waals surface area contributed by atoms with Crippen molar-refractivity contribution in [2.24, 2.45) is 0 Å². The Morgan fingerprint density at radius 1 is 1.21 bits per heavy atom. The summed E-state index contributed by atoms with van der Waals surface area (Å²) in [5.74, 6) is 0.801. The van der Waals surface area contributed by atoms with Crippen LogP contribution >= 0.6 is 0 Å². The highest BCUT2D eigenvalue weighted by Gasteiger charge is 2.07. The fourth-order valence-corrected chi connectivity index (χ4v) is 1.95. The molecule has 1 aliphatic rings. The summed E-state index contributed by atoms with van der Waals surface area (Å²) in [6.07, 6.45) is 5.33. The Morgan fingerprint density at radius 3 is 2.89 bits per heavy atom. The Bertz CT molecular complexity index is 709. The summed E-state index contributed by atoms with van der Waals surface area (Å²) in [5, 5.41) is 16.2. The number of dihydropyridines is 1. The molecule has 0 radical (unpaired) electrons. The molecule has 0 saturated carbocycles. The van der Waals surface area contributed by atoms with Crippen LogP contribution in [0.15, 0.2) is 60.3 Å². The minimum atomic E-state index is -0.0502. The number of pyridine rings is 1. The minimum absolute atomic E-state index is 0.0502. The third-order valence-corrected chi connectivity index (χ3v) is 2.92. The van der Waals surface area contributed by atoms with E-state index < -0.39 is 0 Å². The molecule has 1 aromatic carbocycles. The maximum Gasteiger partial charge on any atom is 0.128 e. The zero-order valence-electron chi connectivity index (χ0n) is 10.2. The number of hydrogen-bond acceptors (Lipinski definition) is 4. The van der Waals surface area contributed by atoms with E-state index >= 15 is 0 Å². The van der Waals surface area contributed by atoms with Crippen molar-refractivity contribution >= 4 is 16.7 Å². The SMILES string of the molecule is N#CC1=CNC(Nc2ccc3ccccc3n2)C=C1. The van der Waals surface area contributed by atoms with Crippen LogP contribution in [0.5, 0.6) is 0 Å². The maximum absolute atomic E-state index is 8.74. The topological polar surface area (TPSA) is 60.7 Å². The first-order valence-corrected chi connectivity index (χ1v) is 6.02. The number of aromatic nitrogens is 1. The minimum Gasteiger partial charge on any atom is -0.367 e. The molecule has 0 fully saturated rings. The van der Waals surface area contributed by atoms with Crippen LogP contribution in [-0.4, -0.2) is 11.1 Å². The van der Waals surface area contributed by atoms with E-state index in [9.17, 15) is 0 Å². The lowest BCUT2D eigenvalue weighted by Crippen LogP contribution is -2.32. The van der Waals surface area contributed by atoms with E-state index in [1.807, 2.05) is 42.5 Å². The number of para-hydroxylation sites is 1. The summed E-state index contributed by atoms with van der Waals surface area (Å²) in [6.45, 7) is 0. The monoisotopic (exact) mass is 248 g/mol. The van der Waals surface area contributed by atoms with Gasteiger partial charge in [0.15, 0.2) is 0 Å². The van der Waals surface area contributed by atoms with Gasteiger partial charge in [-0.25, -0.2) is 4.98 Å². The quantitative estimate of drug-likeness (QED) is 0.857. The van der Waals surface area contributed by atoms with Crippen LogP contribution in [0.4, 0.5) is 5.82 Å². The van der Waals surface area contributed by atoms with Crippen LogP contribution in [0.3, 0.4) is 0 Å². The highest BCUT2D eigenvalue weighted by molar-refractivity contribution is 5.80. The average molecular weight is 248 g/mol. The van der Waals surface area contributed by atoms with Crippen LogP contribution in [0.2, 0.25) is 0 Å². The van der Waals surface area contributed by atoms with Crippen LogP contribution in [0, 0.1) is 11.3 Å². The molecule has 0 spiro atoms. The molecule has 0 aliphatic carbocycles. The summed E-state index contributed by atoms with van der Waals surface area (Å²) in [6, 6.07) is 14.0. The van der Waals surface area contributed by atoms with Crippen molar-refractivity contribution in [2.75, 3.05) is 5.32 Å². The van der Waals surface area contributed by atoms with E-state index in [0.29, 0.717) is 5.57 Å². The van der Waals surface area contributed by atoms with Crippen molar-refractivity contribution < 1.29 is 0 Å². The van der Waals surface area contributed by atoms with Gasteiger partial charge in [0.2, 0.25) is 0 Å². The van der Waals surface area contributed by atoms with Crippen LogP contribution in [0.25, 0.3) is 10.9 Å². The predicted octanol–water partition coefficient (Wildman–Crippen LogP) is 2.54. The zero-order valence-corrected chi connectivity index (χ0v) is 10.2. The van der Waals surface area contributed by atoms with E-state index in [1.165, 1.54) is 0 Å².